The number of aliphatic hydroxyl groups excluding tert-OH is 2. The Hall–Kier alpha value is -6.72. The quantitative estimate of drug-likeness (QED) is 0.0439. The van der Waals surface area contributed by atoms with E-state index in [0.717, 1.165) is 83.1 Å². The number of aliphatic hydroxyl groups is 2. The molecule has 20 atom stereocenters. The summed E-state index contributed by atoms with van der Waals surface area (Å²) in [5, 5.41) is 32.5. The van der Waals surface area contributed by atoms with E-state index < -0.39 is 220 Å². The highest BCUT2D eigenvalue weighted by atomic mass is 16.8. The lowest BCUT2D eigenvalue weighted by molar-refractivity contribution is -0.362. The zero-order valence-corrected chi connectivity index (χ0v) is 46.3. The van der Waals surface area contributed by atoms with Gasteiger partial charge in [-0.2, -0.15) is 0 Å². The van der Waals surface area contributed by atoms with Crippen LogP contribution in [0, 0.1) is 0 Å². The van der Waals surface area contributed by atoms with Crippen LogP contribution in [0.1, 0.15) is 83.1 Å². The summed E-state index contributed by atoms with van der Waals surface area (Å²) in [6, 6.07) is -6.81. The molecule has 456 valence electrons. The molecule has 14 unspecified atom stereocenters. The normalized spacial score (nSPS) is 33.6. The molecule has 0 saturated carbocycles. The van der Waals surface area contributed by atoms with E-state index in [0.29, 0.717) is 0 Å². The number of ether oxygens (including phenoxy) is 15. The first kappa shape index (κ1) is 66.8. The largest absolute Gasteiger partial charge is 0.463 e. The molecule has 0 aromatic heterocycles. The predicted molar refractivity (Wildman–Crippen MR) is 257 cm³/mol. The van der Waals surface area contributed by atoms with Crippen molar-refractivity contribution in [3.63, 3.8) is 0 Å². The van der Waals surface area contributed by atoms with E-state index in [9.17, 15) is 67.7 Å². The summed E-state index contributed by atoms with van der Waals surface area (Å²) >= 11 is 0. The second kappa shape index (κ2) is 30.4. The number of hydrogen-bond acceptors (Lipinski definition) is 29. The molecule has 0 spiro atoms. The van der Waals surface area contributed by atoms with Gasteiger partial charge in [0.15, 0.2) is 49.6 Å². The third-order valence-electron chi connectivity index (χ3n) is 12.0. The van der Waals surface area contributed by atoms with Crippen molar-refractivity contribution in [2.24, 2.45) is 0 Å². The number of carbonyl (C=O) groups is 12. The van der Waals surface area contributed by atoms with Gasteiger partial charge in [-0.05, 0) is 0 Å². The molecule has 4 amide bonds. The molecule has 4 rings (SSSR count). The van der Waals surface area contributed by atoms with Crippen molar-refractivity contribution in [2.75, 3.05) is 26.4 Å². The molecule has 33 heteroatoms. The SMILES string of the molecule is CC(=O)NC1C(OC(C)=O)[C@@H](OC2OC(COC(C)=O)C(O)[C@H](OC(C)=O)C2NC(C)=O)C(COC(C)=O)O[C@@H]1OC1C(COC(C)=O)OC(O[C@H]2C(COC(C)=O)O[C@H](O)C(NC(C)=O)C2OC(C)=O)C(NC(C)=O)[C@H]1OC(C)=O. The van der Waals surface area contributed by atoms with Gasteiger partial charge >= 0.3 is 47.8 Å². The summed E-state index contributed by atoms with van der Waals surface area (Å²) in [6.45, 7) is 9.12. The van der Waals surface area contributed by atoms with Gasteiger partial charge < -0.3 is 103 Å². The summed E-state index contributed by atoms with van der Waals surface area (Å²) in [5.74, 6) is -10.8. The molecule has 0 bridgehead atoms. The minimum atomic E-state index is -2.03. The number of amides is 4. The molecule has 33 nitrogen and oxygen atoms in total. The van der Waals surface area contributed by atoms with E-state index in [1.807, 2.05) is 0 Å². The zero-order chi connectivity index (χ0) is 60.7. The smallest absolute Gasteiger partial charge is 0.303 e. The summed E-state index contributed by atoms with van der Waals surface area (Å²) < 4.78 is 87.9. The Morgan fingerprint density at radius 3 is 0.864 bits per heavy atom. The summed E-state index contributed by atoms with van der Waals surface area (Å²) in [7, 11) is 0. The van der Waals surface area contributed by atoms with Crippen molar-refractivity contribution >= 4 is 71.4 Å². The average Bonchev–Trinajstić information content (AvgIpc) is 3.32. The Bertz CT molecular complexity index is 2300. The monoisotopic (exact) mass is 1170 g/mol. The van der Waals surface area contributed by atoms with Gasteiger partial charge in [0.25, 0.3) is 0 Å². The molecule has 81 heavy (non-hydrogen) atoms. The lowest BCUT2D eigenvalue weighted by Gasteiger charge is -2.52. The van der Waals surface area contributed by atoms with Crippen molar-refractivity contribution in [1.29, 1.82) is 0 Å². The Kier molecular flexibility index (Phi) is 25.0. The fraction of sp³-hybridized carbons (Fsp3) is 0.750. The fourth-order valence-electron chi connectivity index (χ4n) is 9.17. The average molecular weight is 1170 g/mol. The maximum atomic E-state index is 13.3. The number of nitrogens with one attached hydrogen (secondary N) is 4. The molecule has 0 aliphatic carbocycles. The van der Waals surface area contributed by atoms with Gasteiger partial charge in [0.1, 0.15) is 99.4 Å². The third-order valence-corrected chi connectivity index (χ3v) is 12.0. The molecule has 4 aliphatic rings. The molecular formula is C48H70N4O29. The van der Waals surface area contributed by atoms with E-state index in [4.69, 9.17) is 71.1 Å². The molecule has 4 fully saturated rings. The van der Waals surface area contributed by atoms with Crippen LogP contribution in [-0.2, 0) is 129 Å². The maximum absolute atomic E-state index is 13.3. The van der Waals surface area contributed by atoms with Crippen LogP contribution in [0.3, 0.4) is 0 Å². The molecule has 6 N–H and O–H groups in total. The lowest BCUT2D eigenvalue weighted by Crippen LogP contribution is -2.72. The Morgan fingerprint density at radius 1 is 0.321 bits per heavy atom. The lowest BCUT2D eigenvalue weighted by atomic mass is 9.92. The molecule has 0 radical (unpaired) electrons. The highest BCUT2D eigenvalue weighted by molar-refractivity contribution is 5.75. The molecule has 4 saturated heterocycles. The van der Waals surface area contributed by atoms with Crippen LogP contribution in [-0.4, -0.2) is 231 Å². The second-order valence-electron chi connectivity index (χ2n) is 18.9. The van der Waals surface area contributed by atoms with Crippen molar-refractivity contribution in [3.05, 3.63) is 0 Å². The van der Waals surface area contributed by atoms with Crippen molar-refractivity contribution in [1.82, 2.24) is 21.3 Å². The van der Waals surface area contributed by atoms with E-state index in [1.165, 1.54) is 0 Å². The highest BCUT2D eigenvalue weighted by Gasteiger charge is 2.59. The Labute approximate surface area is 462 Å². The standard InChI is InChI=1S/C48H70N4O29/c1-17(53)49-33-42(72-26(10)62)38(30(75-45(33)66)14-68-22(6)58)79-47-35(51-19(3)55)44(74-28(12)64)40(32(77-47)16-70-24(8)60)81-48-36(52-20(4)56)43(73-27(11)63)39(31(78-48)15-69-23(7)59)80-46-34(50-18(2)54)41(71-25(9)61)37(65)29(76-46)13-67-21(5)57/h29-48,65-66H,13-16H2,1-12H3,(H,49,53)(H,50,54)(H,51,55)(H,52,56)/t29?,30?,31?,32?,33?,34?,35?,36?,37?,38-,39-,40?,41+,42?,43?,44+,45-,46?,47?,48+/m0/s1. The molecule has 0 aromatic rings. The molecular weight excluding hydrogens is 1100 g/mol. The minimum absolute atomic E-state index is 0.680. The first-order valence-electron chi connectivity index (χ1n) is 25.1. The Balaban J connectivity index is 1.95. The van der Waals surface area contributed by atoms with Crippen LogP contribution < -0.4 is 21.3 Å². The summed E-state index contributed by atoms with van der Waals surface area (Å²) in [4.78, 5) is 152. The predicted octanol–water partition coefficient (Wildman–Crippen LogP) is -4.61. The third kappa shape index (κ3) is 19.8. The van der Waals surface area contributed by atoms with E-state index in [1.54, 1.807) is 0 Å². The van der Waals surface area contributed by atoms with Crippen molar-refractivity contribution in [2.45, 2.75) is 206 Å². The van der Waals surface area contributed by atoms with Crippen molar-refractivity contribution in [3.8, 4) is 0 Å². The summed E-state index contributed by atoms with van der Waals surface area (Å²) in [6.07, 6.45) is -28.9. The van der Waals surface area contributed by atoms with Gasteiger partial charge in [0, 0.05) is 83.1 Å². The molecule has 4 aliphatic heterocycles. The van der Waals surface area contributed by atoms with Gasteiger partial charge in [-0.25, -0.2) is 0 Å². The van der Waals surface area contributed by atoms with Gasteiger partial charge in [0.05, 0.1) is 0 Å². The van der Waals surface area contributed by atoms with Crippen LogP contribution >= 0.6 is 0 Å². The zero-order valence-electron chi connectivity index (χ0n) is 46.3. The van der Waals surface area contributed by atoms with Gasteiger partial charge in [-0.15, -0.1) is 0 Å². The van der Waals surface area contributed by atoms with Gasteiger partial charge in [0.2, 0.25) is 23.6 Å². The highest BCUT2D eigenvalue weighted by Crippen LogP contribution is 2.37. The minimum Gasteiger partial charge on any atom is -0.463 e. The Morgan fingerprint density at radius 2 is 0.568 bits per heavy atom. The van der Waals surface area contributed by atoms with E-state index >= 15 is 0 Å². The van der Waals surface area contributed by atoms with Crippen molar-refractivity contribution < 1.29 is 139 Å². The topological polar surface area (TPSA) is 432 Å². The van der Waals surface area contributed by atoms with Crippen LogP contribution in [0.5, 0.6) is 0 Å². The molecule has 0 aromatic carbocycles. The first-order valence-corrected chi connectivity index (χ1v) is 25.1. The van der Waals surface area contributed by atoms with Crippen LogP contribution in [0.4, 0.5) is 0 Å². The molecule has 4 heterocycles. The van der Waals surface area contributed by atoms with Gasteiger partial charge in [-0.3, -0.25) is 57.5 Å². The number of esters is 8. The second-order valence-corrected chi connectivity index (χ2v) is 18.9. The fourth-order valence-corrected chi connectivity index (χ4v) is 9.17. The summed E-state index contributed by atoms with van der Waals surface area (Å²) in [5.41, 5.74) is 0. The number of hydrogen-bond donors (Lipinski definition) is 6. The van der Waals surface area contributed by atoms with E-state index in [2.05, 4.69) is 21.3 Å². The maximum Gasteiger partial charge on any atom is 0.303 e. The number of carbonyl (C=O) groups excluding carboxylic acids is 12. The first-order chi connectivity index (χ1) is 37.9. The van der Waals surface area contributed by atoms with E-state index in [-0.39, 0.29) is 0 Å². The van der Waals surface area contributed by atoms with Gasteiger partial charge in [-0.1, -0.05) is 0 Å². The number of rotatable bonds is 22. The van der Waals surface area contributed by atoms with Crippen LogP contribution in [0.15, 0.2) is 0 Å². The van der Waals surface area contributed by atoms with Crippen LogP contribution in [0.25, 0.3) is 0 Å². The van der Waals surface area contributed by atoms with Crippen LogP contribution in [0.2, 0.25) is 0 Å².